The summed E-state index contributed by atoms with van der Waals surface area (Å²) in [6.07, 6.45) is 6.35. The number of rotatable bonds is 2. The molecule has 0 atom stereocenters. The lowest BCUT2D eigenvalue weighted by atomic mass is 10.0. The summed E-state index contributed by atoms with van der Waals surface area (Å²) in [5, 5.41) is 1.57. The van der Waals surface area contributed by atoms with Gasteiger partial charge in [0.2, 0.25) is 0 Å². The Bertz CT molecular complexity index is 777. The predicted octanol–water partition coefficient (Wildman–Crippen LogP) is 3.53. The number of anilines is 1. The third-order valence-electron chi connectivity index (χ3n) is 3.81. The molecule has 1 aromatic carbocycles. The number of nitrogens with zero attached hydrogens (tertiary/aromatic N) is 3. The van der Waals surface area contributed by atoms with Gasteiger partial charge in [-0.2, -0.15) is 4.98 Å². The molecule has 0 spiro atoms. The lowest BCUT2D eigenvalue weighted by Gasteiger charge is -2.20. The van der Waals surface area contributed by atoms with Crippen molar-refractivity contribution in [1.29, 1.82) is 0 Å². The van der Waals surface area contributed by atoms with Gasteiger partial charge in [0.15, 0.2) is 0 Å². The van der Waals surface area contributed by atoms with E-state index in [0.717, 1.165) is 35.9 Å². The molecule has 0 bridgehead atoms. The van der Waals surface area contributed by atoms with E-state index in [1.54, 1.807) is 4.57 Å². The van der Waals surface area contributed by atoms with Crippen LogP contribution in [-0.2, 0) is 0 Å². The quantitative estimate of drug-likeness (QED) is 0.852. The van der Waals surface area contributed by atoms with Crippen LogP contribution in [0.4, 0.5) is 5.82 Å². The Labute approximate surface area is 128 Å². The summed E-state index contributed by atoms with van der Waals surface area (Å²) in [4.78, 5) is 18.6. The van der Waals surface area contributed by atoms with Crippen LogP contribution in [0.25, 0.3) is 16.6 Å². The molecule has 0 saturated heterocycles. The van der Waals surface area contributed by atoms with Crippen molar-refractivity contribution in [3.05, 3.63) is 39.8 Å². The first kappa shape index (κ1) is 14.1. The van der Waals surface area contributed by atoms with Crippen LogP contribution in [0.3, 0.4) is 0 Å². The minimum absolute atomic E-state index is 0.235. The molecule has 1 heterocycles. The van der Waals surface area contributed by atoms with Crippen LogP contribution in [0.1, 0.15) is 25.7 Å². The second kappa shape index (κ2) is 5.53. The highest BCUT2D eigenvalue weighted by Gasteiger charge is 2.16. The summed E-state index contributed by atoms with van der Waals surface area (Å²) in [5.41, 5.74) is 1.64. The maximum Gasteiger partial charge on any atom is 0.354 e. The standard InChI is InChI=1S/C16H18ClN3O/c1-19(2)15-13-9-8-11(17)10-14(13)20(16(21)18-15)12-6-4-3-5-7-12/h6,8-10H,3-5,7H2,1-2H3. The van der Waals surface area contributed by atoms with Gasteiger partial charge in [-0.1, -0.05) is 17.7 Å². The highest BCUT2D eigenvalue weighted by Crippen LogP contribution is 2.29. The van der Waals surface area contributed by atoms with Crippen LogP contribution in [0.5, 0.6) is 0 Å². The molecule has 1 aliphatic carbocycles. The largest absolute Gasteiger partial charge is 0.362 e. The van der Waals surface area contributed by atoms with Gasteiger partial charge < -0.3 is 4.90 Å². The summed E-state index contributed by atoms with van der Waals surface area (Å²) in [5.74, 6) is 0.680. The third kappa shape index (κ3) is 2.56. The molecular weight excluding hydrogens is 286 g/mol. The molecule has 0 amide bonds. The van der Waals surface area contributed by atoms with Gasteiger partial charge in [-0.05, 0) is 43.9 Å². The Morgan fingerprint density at radius 1 is 1.29 bits per heavy atom. The number of allylic oxidation sites excluding steroid dienone is 2. The molecule has 2 aromatic rings. The van der Waals surface area contributed by atoms with Crippen molar-refractivity contribution >= 4 is 34.0 Å². The first-order valence-electron chi connectivity index (χ1n) is 7.17. The van der Waals surface area contributed by atoms with Gasteiger partial charge in [-0.15, -0.1) is 0 Å². The van der Waals surface area contributed by atoms with Gasteiger partial charge in [0.1, 0.15) is 5.82 Å². The molecule has 0 unspecified atom stereocenters. The zero-order chi connectivity index (χ0) is 15.0. The first-order chi connectivity index (χ1) is 10.1. The minimum atomic E-state index is -0.235. The number of benzene rings is 1. The van der Waals surface area contributed by atoms with Crippen molar-refractivity contribution in [3.63, 3.8) is 0 Å². The molecule has 3 rings (SSSR count). The Morgan fingerprint density at radius 3 is 2.76 bits per heavy atom. The average Bonchev–Trinajstić information content (AvgIpc) is 2.47. The molecule has 0 saturated carbocycles. The fraction of sp³-hybridized carbons (Fsp3) is 0.375. The summed E-state index contributed by atoms with van der Waals surface area (Å²) < 4.78 is 1.72. The lowest BCUT2D eigenvalue weighted by molar-refractivity contribution is 0.713. The Hall–Kier alpha value is -1.81. The molecular formula is C16H18ClN3O. The van der Waals surface area contributed by atoms with E-state index in [-0.39, 0.29) is 5.69 Å². The van der Waals surface area contributed by atoms with E-state index in [2.05, 4.69) is 11.1 Å². The van der Waals surface area contributed by atoms with Gasteiger partial charge in [0.25, 0.3) is 0 Å². The SMILES string of the molecule is CN(C)c1nc(=O)n(C2=CCCCC2)c2cc(Cl)ccc12. The van der Waals surface area contributed by atoms with Crippen LogP contribution in [0, 0.1) is 0 Å². The van der Waals surface area contributed by atoms with E-state index in [1.807, 2.05) is 37.2 Å². The summed E-state index contributed by atoms with van der Waals surface area (Å²) in [6, 6.07) is 5.62. The summed E-state index contributed by atoms with van der Waals surface area (Å²) in [7, 11) is 3.78. The van der Waals surface area contributed by atoms with Crippen LogP contribution in [0.15, 0.2) is 29.1 Å². The topological polar surface area (TPSA) is 38.1 Å². The summed E-state index contributed by atoms with van der Waals surface area (Å²) >= 11 is 6.14. The monoisotopic (exact) mass is 303 g/mol. The van der Waals surface area contributed by atoms with Crippen molar-refractivity contribution in [2.24, 2.45) is 0 Å². The smallest absolute Gasteiger partial charge is 0.354 e. The number of aromatic nitrogens is 2. The maximum absolute atomic E-state index is 12.5. The van der Waals surface area contributed by atoms with E-state index in [9.17, 15) is 4.79 Å². The second-order valence-electron chi connectivity index (χ2n) is 5.55. The van der Waals surface area contributed by atoms with Crippen molar-refractivity contribution in [1.82, 2.24) is 9.55 Å². The van der Waals surface area contributed by atoms with E-state index >= 15 is 0 Å². The normalized spacial score (nSPS) is 15.1. The number of halogens is 1. The zero-order valence-corrected chi connectivity index (χ0v) is 13.0. The molecule has 0 aliphatic heterocycles. The molecule has 4 nitrogen and oxygen atoms in total. The Balaban J connectivity index is 2.36. The van der Waals surface area contributed by atoms with E-state index < -0.39 is 0 Å². The van der Waals surface area contributed by atoms with E-state index in [1.165, 1.54) is 6.42 Å². The van der Waals surface area contributed by atoms with Crippen molar-refractivity contribution in [2.45, 2.75) is 25.7 Å². The maximum atomic E-state index is 12.5. The molecule has 1 aromatic heterocycles. The van der Waals surface area contributed by atoms with Gasteiger partial charge in [0.05, 0.1) is 5.52 Å². The fourth-order valence-corrected chi connectivity index (χ4v) is 2.99. The predicted molar refractivity (Wildman–Crippen MR) is 88.1 cm³/mol. The second-order valence-corrected chi connectivity index (χ2v) is 5.99. The van der Waals surface area contributed by atoms with Crippen LogP contribution in [0.2, 0.25) is 5.02 Å². The van der Waals surface area contributed by atoms with Gasteiger partial charge in [-0.25, -0.2) is 4.79 Å². The molecule has 21 heavy (non-hydrogen) atoms. The number of fused-ring (bicyclic) bond motifs is 1. The summed E-state index contributed by atoms with van der Waals surface area (Å²) in [6.45, 7) is 0. The van der Waals surface area contributed by atoms with Gasteiger partial charge in [-0.3, -0.25) is 4.57 Å². The molecule has 1 aliphatic rings. The van der Waals surface area contributed by atoms with Crippen LogP contribution in [-0.4, -0.2) is 23.6 Å². The fourth-order valence-electron chi connectivity index (χ4n) is 2.83. The van der Waals surface area contributed by atoms with E-state index in [4.69, 9.17) is 11.6 Å². The van der Waals surface area contributed by atoms with Crippen LogP contribution < -0.4 is 10.6 Å². The van der Waals surface area contributed by atoms with Gasteiger partial charge in [0, 0.05) is 30.2 Å². The van der Waals surface area contributed by atoms with E-state index in [0.29, 0.717) is 10.8 Å². The van der Waals surface area contributed by atoms with Crippen molar-refractivity contribution in [3.8, 4) is 0 Å². The average molecular weight is 304 g/mol. The van der Waals surface area contributed by atoms with Crippen molar-refractivity contribution < 1.29 is 0 Å². The Morgan fingerprint density at radius 2 is 2.10 bits per heavy atom. The molecule has 110 valence electrons. The van der Waals surface area contributed by atoms with Crippen molar-refractivity contribution in [2.75, 3.05) is 19.0 Å². The Kier molecular flexibility index (Phi) is 3.72. The highest BCUT2D eigenvalue weighted by atomic mass is 35.5. The van der Waals surface area contributed by atoms with Gasteiger partial charge >= 0.3 is 5.69 Å². The minimum Gasteiger partial charge on any atom is -0.362 e. The first-order valence-corrected chi connectivity index (χ1v) is 7.55. The lowest BCUT2D eigenvalue weighted by Crippen LogP contribution is -2.26. The highest BCUT2D eigenvalue weighted by molar-refractivity contribution is 6.31. The molecule has 0 radical (unpaired) electrons. The van der Waals surface area contributed by atoms with Crippen LogP contribution >= 0.6 is 11.6 Å². The zero-order valence-electron chi connectivity index (χ0n) is 12.3. The molecule has 0 fully saturated rings. The number of hydrogen-bond acceptors (Lipinski definition) is 3. The molecule has 0 N–H and O–H groups in total. The molecule has 5 heteroatoms. The third-order valence-corrected chi connectivity index (χ3v) is 4.05. The number of hydrogen-bond donors (Lipinski definition) is 0.